The Bertz CT molecular complexity index is 755. The second-order valence-corrected chi connectivity index (χ2v) is 5.97. The summed E-state index contributed by atoms with van der Waals surface area (Å²) in [7, 11) is 0. The van der Waals surface area contributed by atoms with Crippen molar-refractivity contribution in [2.24, 2.45) is 0 Å². The van der Waals surface area contributed by atoms with Crippen molar-refractivity contribution in [3.05, 3.63) is 65.7 Å². The summed E-state index contributed by atoms with van der Waals surface area (Å²) in [5.41, 5.74) is 1.67. The standard InChI is InChI=1S/C20H21N3O2/c21-15-17-8-4-5-9-19(17)25-13-12-23-11-10-22-20(24)14-18(23)16-6-2-1-3-7-16/h1-9,18H,10-14H2,(H,22,24)/t18-/m1/s1. The molecule has 25 heavy (non-hydrogen) atoms. The Kier molecular flexibility index (Phi) is 5.65. The Balaban J connectivity index is 1.68. The molecule has 1 fully saturated rings. The molecular formula is C20H21N3O2. The highest BCUT2D eigenvalue weighted by Gasteiger charge is 2.25. The fourth-order valence-electron chi connectivity index (χ4n) is 3.10. The van der Waals surface area contributed by atoms with E-state index in [1.165, 1.54) is 0 Å². The van der Waals surface area contributed by atoms with Gasteiger partial charge in [-0.3, -0.25) is 9.69 Å². The number of ether oxygens (including phenoxy) is 1. The summed E-state index contributed by atoms with van der Waals surface area (Å²) in [6, 6.07) is 19.5. The van der Waals surface area contributed by atoms with Gasteiger partial charge in [0.15, 0.2) is 0 Å². The lowest BCUT2D eigenvalue weighted by Crippen LogP contribution is -2.34. The van der Waals surface area contributed by atoms with Gasteiger partial charge >= 0.3 is 0 Å². The zero-order chi connectivity index (χ0) is 17.5. The smallest absolute Gasteiger partial charge is 0.221 e. The largest absolute Gasteiger partial charge is 0.491 e. The molecule has 2 aromatic rings. The lowest BCUT2D eigenvalue weighted by Gasteiger charge is -2.29. The van der Waals surface area contributed by atoms with Gasteiger partial charge in [-0.15, -0.1) is 0 Å². The number of carbonyl (C=O) groups excluding carboxylic acids is 1. The van der Waals surface area contributed by atoms with E-state index in [-0.39, 0.29) is 11.9 Å². The topological polar surface area (TPSA) is 65.4 Å². The van der Waals surface area contributed by atoms with E-state index in [4.69, 9.17) is 10.00 Å². The van der Waals surface area contributed by atoms with Crippen LogP contribution in [-0.2, 0) is 4.79 Å². The SMILES string of the molecule is N#Cc1ccccc1OCCN1CCNC(=O)C[C@@H]1c1ccccc1. The number of nitrogens with one attached hydrogen (secondary N) is 1. The first-order chi connectivity index (χ1) is 12.3. The van der Waals surface area contributed by atoms with Crippen LogP contribution in [0.1, 0.15) is 23.6 Å². The van der Waals surface area contributed by atoms with E-state index in [2.05, 4.69) is 28.4 Å². The number of carbonyl (C=O) groups is 1. The average Bonchev–Trinajstić information content (AvgIpc) is 2.84. The summed E-state index contributed by atoms with van der Waals surface area (Å²) in [5, 5.41) is 12.1. The van der Waals surface area contributed by atoms with Gasteiger partial charge in [-0.2, -0.15) is 5.26 Å². The molecule has 1 N–H and O–H groups in total. The highest BCUT2D eigenvalue weighted by molar-refractivity contribution is 5.77. The zero-order valence-electron chi connectivity index (χ0n) is 14.0. The summed E-state index contributed by atoms with van der Waals surface area (Å²) in [4.78, 5) is 14.3. The molecule has 0 radical (unpaired) electrons. The molecule has 1 atom stereocenters. The van der Waals surface area contributed by atoms with Gasteiger partial charge in [-0.1, -0.05) is 42.5 Å². The monoisotopic (exact) mass is 335 g/mol. The minimum atomic E-state index is 0.0403. The van der Waals surface area contributed by atoms with Crippen molar-refractivity contribution in [3.63, 3.8) is 0 Å². The lowest BCUT2D eigenvalue weighted by atomic mass is 10.0. The number of para-hydroxylation sites is 1. The van der Waals surface area contributed by atoms with Crippen molar-refractivity contribution in [2.75, 3.05) is 26.2 Å². The molecule has 0 unspecified atom stereocenters. The first-order valence-corrected chi connectivity index (χ1v) is 8.45. The maximum Gasteiger partial charge on any atom is 0.221 e. The van der Waals surface area contributed by atoms with Crippen molar-refractivity contribution in [2.45, 2.75) is 12.5 Å². The minimum absolute atomic E-state index is 0.0403. The van der Waals surface area contributed by atoms with Crippen LogP contribution >= 0.6 is 0 Å². The minimum Gasteiger partial charge on any atom is -0.491 e. The van der Waals surface area contributed by atoms with Crippen LogP contribution in [0.4, 0.5) is 0 Å². The van der Waals surface area contributed by atoms with E-state index in [9.17, 15) is 4.79 Å². The van der Waals surface area contributed by atoms with Crippen LogP contribution in [0.15, 0.2) is 54.6 Å². The van der Waals surface area contributed by atoms with Crippen molar-refractivity contribution < 1.29 is 9.53 Å². The van der Waals surface area contributed by atoms with Gasteiger partial charge < -0.3 is 10.1 Å². The summed E-state index contributed by atoms with van der Waals surface area (Å²) < 4.78 is 5.81. The normalized spacial score (nSPS) is 18.0. The Hall–Kier alpha value is -2.84. The van der Waals surface area contributed by atoms with E-state index in [1.54, 1.807) is 12.1 Å². The molecule has 1 amide bonds. The number of amides is 1. The molecule has 0 aliphatic carbocycles. The molecule has 0 bridgehead atoms. The molecule has 0 saturated carbocycles. The van der Waals surface area contributed by atoms with Crippen molar-refractivity contribution in [3.8, 4) is 11.8 Å². The van der Waals surface area contributed by atoms with Crippen LogP contribution in [0.2, 0.25) is 0 Å². The quantitative estimate of drug-likeness (QED) is 0.912. The number of nitrogens with zero attached hydrogens (tertiary/aromatic N) is 2. The zero-order valence-corrected chi connectivity index (χ0v) is 14.0. The maximum absolute atomic E-state index is 12.0. The van der Waals surface area contributed by atoms with E-state index in [0.717, 1.165) is 12.1 Å². The van der Waals surface area contributed by atoms with E-state index in [1.807, 2.05) is 30.3 Å². The molecular weight excluding hydrogens is 314 g/mol. The van der Waals surface area contributed by atoms with Gasteiger partial charge in [-0.05, 0) is 17.7 Å². The fourth-order valence-corrected chi connectivity index (χ4v) is 3.10. The van der Waals surface area contributed by atoms with Crippen LogP contribution in [0.3, 0.4) is 0 Å². The third-order valence-corrected chi connectivity index (χ3v) is 4.37. The van der Waals surface area contributed by atoms with Crippen molar-refractivity contribution in [1.29, 1.82) is 5.26 Å². The molecule has 1 saturated heterocycles. The maximum atomic E-state index is 12.0. The highest BCUT2D eigenvalue weighted by atomic mass is 16.5. The number of nitriles is 1. The predicted octanol–water partition coefficient (Wildman–Crippen LogP) is 2.50. The third kappa shape index (κ3) is 4.37. The number of hydrogen-bond acceptors (Lipinski definition) is 4. The molecule has 3 rings (SSSR count). The lowest BCUT2D eigenvalue weighted by molar-refractivity contribution is -0.121. The molecule has 1 aliphatic heterocycles. The van der Waals surface area contributed by atoms with Gasteiger partial charge in [0.1, 0.15) is 18.4 Å². The Morgan fingerprint density at radius 3 is 2.72 bits per heavy atom. The Morgan fingerprint density at radius 1 is 1.16 bits per heavy atom. The van der Waals surface area contributed by atoms with Gasteiger partial charge in [0.25, 0.3) is 0 Å². The van der Waals surface area contributed by atoms with Crippen LogP contribution < -0.4 is 10.1 Å². The number of rotatable bonds is 5. The van der Waals surface area contributed by atoms with Crippen LogP contribution in [0, 0.1) is 11.3 Å². The molecule has 2 aromatic carbocycles. The number of benzene rings is 2. The molecule has 1 aliphatic rings. The van der Waals surface area contributed by atoms with E-state index in [0.29, 0.717) is 37.4 Å². The first-order valence-electron chi connectivity index (χ1n) is 8.45. The molecule has 0 aromatic heterocycles. The Labute approximate surface area is 147 Å². The van der Waals surface area contributed by atoms with Crippen molar-refractivity contribution in [1.82, 2.24) is 10.2 Å². The summed E-state index contributed by atoms with van der Waals surface area (Å²) in [6.07, 6.45) is 0.443. The molecule has 0 spiro atoms. The Morgan fingerprint density at radius 2 is 1.92 bits per heavy atom. The highest BCUT2D eigenvalue weighted by Crippen LogP contribution is 2.25. The van der Waals surface area contributed by atoms with Gasteiger partial charge in [-0.25, -0.2) is 0 Å². The fraction of sp³-hybridized carbons (Fsp3) is 0.300. The van der Waals surface area contributed by atoms with Gasteiger partial charge in [0.05, 0.1) is 5.56 Å². The number of hydrogen-bond donors (Lipinski definition) is 1. The summed E-state index contributed by atoms with van der Waals surface area (Å²) >= 11 is 0. The van der Waals surface area contributed by atoms with E-state index < -0.39 is 0 Å². The van der Waals surface area contributed by atoms with Crippen molar-refractivity contribution >= 4 is 5.91 Å². The van der Waals surface area contributed by atoms with Crippen LogP contribution in [-0.4, -0.2) is 37.0 Å². The summed E-state index contributed by atoms with van der Waals surface area (Å²) in [6.45, 7) is 2.57. The third-order valence-electron chi connectivity index (χ3n) is 4.37. The second-order valence-electron chi connectivity index (χ2n) is 5.97. The molecule has 1 heterocycles. The first kappa shape index (κ1) is 17.0. The molecule has 5 nitrogen and oxygen atoms in total. The average molecular weight is 335 g/mol. The molecule has 128 valence electrons. The second kappa shape index (κ2) is 8.32. The molecule has 5 heteroatoms. The van der Waals surface area contributed by atoms with Gasteiger partial charge in [0.2, 0.25) is 5.91 Å². The van der Waals surface area contributed by atoms with Gasteiger partial charge in [0, 0.05) is 32.1 Å². The van der Waals surface area contributed by atoms with Crippen LogP contribution in [0.5, 0.6) is 5.75 Å². The van der Waals surface area contributed by atoms with E-state index >= 15 is 0 Å². The summed E-state index contributed by atoms with van der Waals surface area (Å²) in [5.74, 6) is 0.678. The predicted molar refractivity (Wildman–Crippen MR) is 95.0 cm³/mol. The van der Waals surface area contributed by atoms with Crippen LogP contribution in [0.25, 0.3) is 0 Å².